The molecule has 9 nitrogen and oxygen atoms in total. The van der Waals surface area contributed by atoms with Gasteiger partial charge in [-0.2, -0.15) is 13.2 Å². The molecular weight excluding hydrogens is 491 g/mol. The number of oxime groups is 1. The van der Waals surface area contributed by atoms with Gasteiger partial charge >= 0.3 is 6.18 Å². The Kier molecular flexibility index (Phi) is 7.39. The van der Waals surface area contributed by atoms with E-state index in [0.717, 1.165) is 31.0 Å². The van der Waals surface area contributed by atoms with E-state index in [9.17, 15) is 18.0 Å². The summed E-state index contributed by atoms with van der Waals surface area (Å²) in [6, 6.07) is 4.29. The first-order valence-corrected chi connectivity index (χ1v) is 11.8. The van der Waals surface area contributed by atoms with E-state index in [1.54, 1.807) is 24.9 Å². The third-order valence-corrected chi connectivity index (χ3v) is 6.22. The maximum atomic E-state index is 13.5. The smallest absolute Gasteiger partial charge is 0.433 e. The Labute approximate surface area is 211 Å². The molecule has 1 aliphatic carbocycles. The number of oxazole rings is 1. The van der Waals surface area contributed by atoms with Gasteiger partial charge in [-0.15, -0.1) is 0 Å². The molecule has 2 heterocycles. The largest absolute Gasteiger partial charge is 0.494 e. The molecule has 1 aliphatic rings. The van der Waals surface area contributed by atoms with Crippen molar-refractivity contribution in [3.63, 3.8) is 0 Å². The third kappa shape index (κ3) is 5.10. The lowest BCUT2D eigenvalue weighted by atomic mass is 10.1. The lowest BCUT2D eigenvalue weighted by Gasteiger charge is -2.24. The van der Waals surface area contributed by atoms with E-state index >= 15 is 0 Å². The summed E-state index contributed by atoms with van der Waals surface area (Å²) < 4.78 is 51.1. The molecular formula is C25H28F3N5O4. The number of nitrogens with zero attached hydrogens (tertiary/aromatic N) is 4. The zero-order valence-corrected chi connectivity index (χ0v) is 20.9. The van der Waals surface area contributed by atoms with Crippen LogP contribution in [0.15, 0.2) is 33.8 Å². The molecule has 0 bridgehead atoms. The number of pyridine rings is 1. The summed E-state index contributed by atoms with van der Waals surface area (Å²) in [4.78, 5) is 28.5. The second kappa shape index (κ2) is 10.4. The van der Waals surface area contributed by atoms with Crippen LogP contribution in [-0.2, 0) is 11.0 Å². The number of alkyl halides is 3. The number of aromatic nitrogens is 2. The van der Waals surface area contributed by atoms with Gasteiger partial charge in [-0.1, -0.05) is 5.16 Å². The number of benzene rings is 1. The van der Waals surface area contributed by atoms with E-state index in [1.165, 1.54) is 19.2 Å². The minimum atomic E-state index is -4.63. The van der Waals surface area contributed by atoms with Gasteiger partial charge in [0.25, 0.3) is 5.91 Å². The van der Waals surface area contributed by atoms with Crippen LogP contribution in [0.2, 0.25) is 0 Å². The van der Waals surface area contributed by atoms with Crippen LogP contribution in [-0.4, -0.2) is 53.3 Å². The summed E-state index contributed by atoms with van der Waals surface area (Å²) in [5.41, 5.74) is 6.19. The lowest BCUT2D eigenvalue weighted by Crippen LogP contribution is -2.40. The molecule has 1 fully saturated rings. The van der Waals surface area contributed by atoms with Crippen LogP contribution in [0.25, 0.3) is 22.4 Å². The van der Waals surface area contributed by atoms with Crippen molar-refractivity contribution in [3.05, 3.63) is 41.4 Å². The molecule has 4 rings (SSSR count). The van der Waals surface area contributed by atoms with Crippen molar-refractivity contribution < 1.29 is 32.0 Å². The number of carbonyl (C=O) groups is 1. The minimum Gasteiger partial charge on any atom is -0.494 e. The number of hydrogen-bond acceptors (Lipinski definition) is 8. The van der Waals surface area contributed by atoms with Crippen molar-refractivity contribution in [1.29, 1.82) is 0 Å². The predicted molar refractivity (Wildman–Crippen MR) is 130 cm³/mol. The second-order valence-corrected chi connectivity index (χ2v) is 8.75. The highest BCUT2D eigenvalue weighted by Crippen LogP contribution is 2.37. The molecule has 2 N–H and O–H groups in total. The molecule has 198 valence electrons. The van der Waals surface area contributed by atoms with Crippen LogP contribution in [0.3, 0.4) is 0 Å². The van der Waals surface area contributed by atoms with Crippen LogP contribution in [0.1, 0.15) is 61.1 Å². The standard InChI is InChI=1S/C25H28F3N5O4/c1-5-36-32-16-7-6-8-17(16)33(3)24(34)21-22(13(2)29)37-23(31-21)15-9-11-18(35-4)20-14(15)10-12-19(30-20)25(26,27)28/h9-13,17H,5-8,29H2,1-4H3/t13-,17?/m0/s1. The highest BCUT2D eigenvalue weighted by molar-refractivity contribution is 6.01. The molecule has 2 aromatic heterocycles. The number of ether oxygens (including phenoxy) is 1. The Balaban J connectivity index is 1.78. The fourth-order valence-electron chi connectivity index (χ4n) is 4.40. The van der Waals surface area contributed by atoms with Crippen LogP contribution in [0, 0.1) is 0 Å². The van der Waals surface area contributed by atoms with Gasteiger partial charge in [-0.3, -0.25) is 4.79 Å². The molecule has 1 aromatic carbocycles. The molecule has 37 heavy (non-hydrogen) atoms. The maximum Gasteiger partial charge on any atom is 0.433 e. The Morgan fingerprint density at radius 2 is 2.05 bits per heavy atom. The van der Waals surface area contributed by atoms with Crippen LogP contribution >= 0.6 is 0 Å². The van der Waals surface area contributed by atoms with E-state index in [0.29, 0.717) is 17.6 Å². The lowest BCUT2D eigenvalue weighted by molar-refractivity contribution is -0.140. The summed E-state index contributed by atoms with van der Waals surface area (Å²) in [6.45, 7) is 3.91. The quantitative estimate of drug-likeness (QED) is 0.439. The molecule has 0 saturated heterocycles. The summed E-state index contributed by atoms with van der Waals surface area (Å²) in [6.07, 6.45) is -2.32. The Hall–Kier alpha value is -3.67. The molecule has 12 heteroatoms. The number of hydrogen-bond donors (Lipinski definition) is 1. The zero-order valence-electron chi connectivity index (χ0n) is 20.9. The van der Waals surface area contributed by atoms with E-state index in [4.69, 9.17) is 19.7 Å². The van der Waals surface area contributed by atoms with Crippen molar-refractivity contribution in [3.8, 4) is 17.2 Å². The van der Waals surface area contributed by atoms with E-state index in [1.807, 2.05) is 6.92 Å². The fourth-order valence-corrected chi connectivity index (χ4v) is 4.40. The zero-order chi connectivity index (χ0) is 26.9. The highest BCUT2D eigenvalue weighted by Gasteiger charge is 2.35. The van der Waals surface area contributed by atoms with Crippen LogP contribution in [0.5, 0.6) is 5.75 Å². The topological polar surface area (TPSA) is 116 Å². The van der Waals surface area contributed by atoms with Crippen molar-refractivity contribution in [2.75, 3.05) is 20.8 Å². The molecule has 0 radical (unpaired) electrons. The number of nitrogens with two attached hydrogens (primary N) is 1. The second-order valence-electron chi connectivity index (χ2n) is 8.75. The van der Waals surface area contributed by atoms with Gasteiger partial charge in [0.15, 0.2) is 11.5 Å². The third-order valence-electron chi connectivity index (χ3n) is 6.22. The molecule has 1 unspecified atom stereocenters. The van der Waals surface area contributed by atoms with Crippen LogP contribution in [0.4, 0.5) is 13.2 Å². The SMILES string of the molecule is CCON=C1CCCC1N(C)C(=O)c1nc(-c2ccc(OC)c3nc(C(F)(F)F)ccc23)oc1[C@H](C)N. The molecule has 2 atom stereocenters. The van der Waals surface area contributed by atoms with Crippen LogP contribution < -0.4 is 10.5 Å². The average molecular weight is 520 g/mol. The van der Waals surface area contributed by atoms with Gasteiger partial charge < -0.3 is 24.6 Å². The number of amides is 1. The predicted octanol–water partition coefficient (Wildman–Crippen LogP) is 4.95. The average Bonchev–Trinajstić information content (AvgIpc) is 3.52. The molecule has 0 aliphatic heterocycles. The highest BCUT2D eigenvalue weighted by atomic mass is 19.4. The number of methoxy groups -OCH3 is 1. The first-order valence-electron chi connectivity index (χ1n) is 11.8. The van der Waals surface area contributed by atoms with Crippen molar-refractivity contribution >= 4 is 22.5 Å². The number of carbonyl (C=O) groups excluding carboxylic acids is 1. The number of halogens is 3. The maximum absolute atomic E-state index is 13.5. The first kappa shape index (κ1) is 26.4. The van der Waals surface area contributed by atoms with E-state index in [-0.39, 0.29) is 34.7 Å². The van der Waals surface area contributed by atoms with Gasteiger partial charge in [-0.05, 0) is 57.4 Å². The Morgan fingerprint density at radius 1 is 1.30 bits per heavy atom. The summed E-state index contributed by atoms with van der Waals surface area (Å²) in [5, 5.41) is 4.48. The Morgan fingerprint density at radius 3 is 2.70 bits per heavy atom. The normalized spacial score (nSPS) is 17.8. The molecule has 3 aromatic rings. The van der Waals surface area contributed by atoms with Gasteiger partial charge in [-0.25, -0.2) is 9.97 Å². The summed E-state index contributed by atoms with van der Waals surface area (Å²) in [7, 11) is 3.00. The number of fused-ring (bicyclic) bond motifs is 1. The van der Waals surface area contributed by atoms with E-state index < -0.39 is 23.8 Å². The minimum absolute atomic E-state index is 0.0110. The van der Waals surface area contributed by atoms with Crippen molar-refractivity contribution in [2.45, 2.75) is 51.4 Å². The van der Waals surface area contributed by atoms with Gasteiger partial charge in [0.2, 0.25) is 5.89 Å². The van der Waals surface area contributed by atoms with Crippen molar-refractivity contribution in [1.82, 2.24) is 14.9 Å². The molecule has 1 amide bonds. The monoisotopic (exact) mass is 519 g/mol. The Bertz CT molecular complexity index is 1340. The fraction of sp³-hybridized carbons (Fsp3) is 0.440. The first-order chi connectivity index (χ1) is 17.6. The number of rotatable bonds is 7. The van der Waals surface area contributed by atoms with Crippen molar-refractivity contribution in [2.24, 2.45) is 10.9 Å². The van der Waals surface area contributed by atoms with Gasteiger partial charge in [0, 0.05) is 18.0 Å². The van der Waals surface area contributed by atoms with E-state index in [2.05, 4.69) is 15.1 Å². The van der Waals surface area contributed by atoms with Gasteiger partial charge in [0.1, 0.15) is 23.6 Å². The molecule has 0 spiro atoms. The summed E-state index contributed by atoms with van der Waals surface area (Å²) in [5.74, 6) is -0.0548. The molecule has 1 saturated carbocycles. The summed E-state index contributed by atoms with van der Waals surface area (Å²) >= 11 is 0. The van der Waals surface area contributed by atoms with Gasteiger partial charge in [0.05, 0.1) is 24.9 Å².